The number of hydrogen-bond donors (Lipinski definition) is 1. The number of hydrogen-bond acceptors (Lipinski definition) is 5. The summed E-state index contributed by atoms with van der Waals surface area (Å²) in [4.78, 5) is 16.4. The molecule has 1 unspecified atom stereocenters. The van der Waals surface area contributed by atoms with Gasteiger partial charge < -0.3 is 9.88 Å². The van der Waals surface area contributed by atoms with Gasteiger partial charge in [0.15, 0.2) is 5.82 Å². The molecule has 21 heavy (non-hydrogen) atoms. The molecular formula is C14H19N5OS. The average Bonchev–Trinajstić information content (AvgIpc) is 2.99. The Balaban J connectivity index is 1.75. The lowest BCUT2D eigenvalue weighted by atomic mass is 10.2. The highest BCUT2D eigenvalue weighted by Crippen LogP contribution is 2.19. The first kappa shape index (κ1) is 14.2. The summed E-state index contributed by atoms with van der Waals surface area (Å²) in [7, 11) is 0. The number of rotatable bonds is 3. The van der Waals surface area contributed by atoms with Crippen LogP contribution in [-0.4, -0.2) is 25.7 Å². The van der Waals surface area contributed by atoms with E-state index in [0.29, 0.717) is 5.69 Å². The molecule has 1 N–H and O–H groups in total. The zero-order valence-corrected chi connectivity index (χ0v) is 13.1. The second kappa shape index (κ2) is 5.93. The lowest BCUT2D eigenvalue weighted by Crippen LogP contribution is -2.29. The van der Waals surface area contributed by atoms with Crippen LogP contribution in [0.15, 0.2) is 5.38 Å². The minimum atomic E-state index is -0.168. The van der Waals surface area contributed by atoms with Crippen LogP contribution in [0.2, 0.25) is 0 Å². The average molecular weight is 305 g/mol. The first-order valence-electron chi connectivity index (χ1n) is 7.30. The molecule has 0 radical (unpaired) electrons. The molecule has 0 saturated heterocycles. The largest absolute Gasteiger partial charge is 0.341 e. The molecule has 0 spiro atoms. The molecule has 6 nitrogen and oxygen atoms in total. The van der Waals surface area contributed by atoms with Crippen LogP contribution in [-0.2, 0) is 13.0 Å². The minimum absolute atomic E-state index is 0.155. The highest BCUT2D eigenvalue weighted by atomic mass is 32.1. The van der Waals surface area contributed by atoms with Gasteiger partial charge in [-0.3, -0.25) is 4.79 Å². The van der Waals surface area contributed by atoms with Crippen LogP contribution in [0.3, 0.4) is 0 Å². The summed E-state index contributed by atoms with van der Waals surface area (Å²) in [6, 6.07) is -0.168. The quantitative estimate of drug-likeness (QED) is 0.944. The predicted molar refractivity (Wildman–Crippen MR) is 80.3 cm³/mol. The van der Waals surface area contributed by atoms with E-state index in [4.69, 9.17) is 0 Å². The topological polar surface area (TPSA) is 72.7 Å². The number of nitrogens with zero attached hydrogens (tertiary/aromatic N) is 4. The van der Waals surface area contributed by atoms with E-state index in [1.54, 1.807) is 5.38 Å². The Morgan fingerprint density at radius 1 is 1.38 bits per heavy atom. The van der Waals surface area contributed by atoms with Gasteiger partial charge in [-0.2, -0.15) is 0 Å². The van der Waals surface area contributed by atoms with Crippen LogP contribution >= 0.6 is 11.3 Å². The molecule has 1 aliphatic rings. The van der Waals surface area contributed by atoms with Crippen LogP contribution < -0.4 is 5.32 Å². The van der Waals surface area contributed by atoms with E-state index in [9.17, 15) is 4.79 Å². The molecule has 1 aliphatic heterocycles. The Kier molecular flexibility index (Phi) is 4.01. The molecule has 0 saturated carbocycles. The second-order valence-corrected chi connectivity index (χ2v) is 6.45. The first-order valence-corrected chi connectivity index (χ1v) is 8.18. The number of amides is 1. The van der Waals surface area contributed by atoms with E-state index in [-0.39, 0.29) is 11.9 Å². The normalized spacial score (nSPS) is 16.1. The lowest BCUT2D eigenvalue weighted by Gasteiger charge is -2.14. The molecule has 1 amide bonds. The molecule has 0 bridgehead atoms. The van der Waals surface area contributed by atoms with Crippen molar-refractivity contribution in [3.63, 3.8) is 0 Å². The van der Waals surface area contributed by atoms with Gasteiger partial charge in [0.25, 0.3) is 5.91 Å². The Morgan fingerprint density at radius 2 is 2.24 bits per heavy atom. The molecule has 0 fully saturated rings. The number of nitrogens with one attached hydrogen (secondary N) is 1. The van der Waals surface area contributed by atoms with Crippen molar-refractivity contribution in [1.29, 1.82) is 0 Å². The van der Waals surface area contributed by atoms with Crippen LogP contribution in [0.25, 0.3) is 0 Å². The number of carbonyl (C=O) groups is 1. The number of fused-ring (bicyclic) bond motifs is 1. The number of thiazole rings is 1. The molecule has 0 aliphatic carbocycles. The van der Waals surface area contributed by atoms with Gasteiger partial charge in [-0.1, -0.05) is 6.42 Å². The van der Waals surface area contributed by atoms with E-state index in [0.717, 1.165) is 42.5 Å². The SMILES string of the molecule is Cc1nc(C(=O)NC(C)c2nnc3n2CCCCC3)cs1. The molecule has 2 aromatic rings. The molecule has 7 heteroatoms. The summed E-state index contributed by atoms with van der Waals surface area (Å²) in [5, 5.41) is 14.2. The highest BCUT2D eigenvalue weighted by molar-refractivity contribution is 7.09. The van der Waals surface area contributed by atoms with Crippen LogP contribution in [0.5, 0.6) is 0 Å². The van der Waals surface area contributed by atoms with Gasteiger partial charge in [-0.05, 0) is 26.7 Å². The van der Waals surface area contributed by atoms with Crippen LogP contribution in [0.4, 0.5) is 0 Å². The molecule has 112 valence electrons. The standard InChI is InChI=1S/C14H19N5OS/c1-9(15-14(20)11-8-21-10(2)16-11)13-18-17-12-6-4-3-5-7-19(12)13/h8-9H,3-7H2,1-2H3,(H,15,20). The Labute approximate surface area is 127 Å². The third kappa shape index (κ3) is 2.97. The first-order chi connectivity index (χ1) is 10.1. The molecule has 0 aromatic carbocycles. The van der Waals surface area contributed by atoms with E-state index in [2.05, 4.69) is 25.1 Å². The van der Waals surface area contributed by atoms with Gasteiger partial charge in [0.1, 0.15) is 11.5 Å². The van der Waals surface area contributed by atoms with Crippen molar-refractivity contribution < 1.29 is 4.79 Å². The van der Waals surface area contributed by atoms with E-state index < -0.39 is 0 Å². The van der Waals surface area contributed by atoms with Crippen molar-refractivity contribution in [2.75, 3.05) is 0 Å². The maximum Gasteiger partial charge on any atom is 0.271 e. The summed E-state index contributed by atoms with van der Waals surface area (Å²) < 4.78 is 2.16. The number of carbonyl (C=O) groups excluding carboxylic acids is 1. The van der Waals surface area contributed by atoms with Crippen molar-refractivity contribution in [3.8, 4) is 0 Å². The third-order valence-electron chi connectivity index (χ3n) is 3.72. The third-order valence-corrected chi connectivity index (χ3v) is 4.50. The fourth-order valence-corrected chi connectivity index (χ4v) is 3.22. The fraction of sp³-hybridized carbons (Fsp3) is 0.571. The second-order valence-electron chi connectivity index (χ2n) is 5.38. The summed E-state index contributed by atoms with van der Waals surface area (Å²) >= 11 is 1.48. The molecule has 2 aromatic heterocycles. The van der Waals surface area contributed by atoms with Gasteiger partial charge >= 0.3 is 0 Å². The van der Waals surface area contributed by atoms with Crippen molar-refractivity contribution in [1.82, 2.24) is 25.1 Å². The van der Waals surface area contributed by atoms with Gasteiger partial charge in [0.2, 0.25) is 0 Å². The molecule has 3 rings (SSSR count). The van der Waals surface area contributed by atoms with Crippen LogP contribution in [0, 0.1) is 6.92 Å². The molecule has 1 atom stereocenters. The maximum atomic E-state index is 12.2. The predicted octanol–water partition coefficient (Wildman–Crippen LogP) is 2.26. The lowest BCUT2D eigenvalue weighted by molar-refractivity contribution is 0.0933. The Bertz CT molecular complexity index is 648. The minimum Gasteiger partial charge on any atom is -0.341 e. The van der Waals surface area contributed by atoms with Crippen LogP contribution in [0.1, 0.15) is 59.4 Å². The Hall–Kier alpha value is -1.76. The maximum absolute atomic E-state index is 12.2. The Morgan fingerprint density at radius 3 is 3.00 bits per heavy atom. The highest BCUT2D eigenvalue weighted by Gasteiger charge is 2.21. The molecule has 3 heterocycles. The smallest absolute Gasteiger partial charge is 0.271 e. The summed E-state index contributed by atoms with van der Waals surface area (Å²) in [5.74, 6) is 1.72. The van der Waals surface area contributed by atoms with Gasteiger partial charge in [0, 0.05) is 18.3 Å². The number of aryl methyl sites for hydroxylation is 2. The zero-order chi connectivity index (χ0) is 14.8. The van der Waals surface area contributed by atoms with Crippen molar-refractivity contribution >= 4 is 17.2 Å². The zero-order valence-electron chi connectivity index (χ0n) is 12.3. The van der Waals surface area contributed by atoms with Gasteiger partial charge in [0.05, 0.1) is 11.0 Å². The monoisotopic (exact) mass is 305 g/mol. The van der Waals surface area contributed by atoms with Crippen molar-refractivity contribution in [2.24, 2.45) is 0 Å². The van der Waals surface area contributed by atoms with Gasteiger partial charge in [-0.15, -0.1) is 21.5 Å². The van der Waals surface area contributed by atoms with Crippen molar-refractivity contribution in [2.45, 2.75) is 52.1 Å². The van der Waals surface area contributed by atoms with E-state index in [1.807, 2.05) is 13.8 Å². The van der Waals surface area contributed by atoms with E-state index >= 15 is 0 Å². The van der Waals surface area contributed by atoms with E-state index in [1.165, 1.54) is 17.8 Å². The van der Waals surface area contributed by atoms with Gasteiger partial charge in [-0.25, -0.2) is 4.98 Å². The fourth-order valence-electron chi connectivity index (χ4n) is 2.63. The summed E-state index contributed by atoms with van der Waals surface area (Å²) in [6.07, 6.45) is 4.50. The number of aromatic nitrogens is 4. The van der Waals surface area contributed by atoms with Crippen molar-refractivity contribution in [3.05, 3.63) is 27.7 Å². The summed E-state index contributed by atoms with van der Waals surface area (Å²) in [5.41, 5.74) is 0.472. The molecular weight excluding hydrogens is 286 g/mol. The summed E-state index contributed by atoms with van der Waals surface area (Å²) in [6.45, 7) is 4.77.